The molecule has 0 spiro atoms. The number of fused-ring (bicyclic) bond motifs is 2. The highest BCUT2D eigenvalue weighted by atomic mass is 19.1. The summed E-state index contributed by atoms with van der Waals surface area (Å²) in [7, 11) is 0. The smallest absolute Gasteiger partial charge is 0.191 e. The monoisotopic (exact) mass is 407 g/mol. The lowest BCUT2D eigenvalue weighted by Crippen LogP contribution is -2.31. The van der Waals surface area contributed by atoms with Crippen LogP contribution in [0.4, 0.5) is 10.2 Å². The number of hydrogen-bond acceptors (Lipinski definition) is 7. The van der Waals surface area contributed by atoms with Gasteiger partial charge in [-0.05, 0) is 31.5 Å². The normalized spacial score (nSPS) is 15.2. The molecule has 30 heavy (non-hydrogen) atoms. The number of benzene rings is 1. The molecule has 0 radical (unpaired) electrons. The molecule has 3 aromatic rings. The van der Waals surface area contributed by atoms with Gasteiger partial charge in [0.05, 0.1) is 30.6 Å². The molecule has 4 heterocycles. The van der Waals surface area contributed by atoms with Crippen LogP contribution in [0.15, 0.2) is 33.9 Å². The fraction of sp³-hybridized carbons (Fsp3) is 0.364. The van der Waals surface area contributed by atoms with Crippen molar-refractivity contribution in [2.45, 2.75) is 46.4 Å². The summed E-state index contributed by atoms with van der Waals surface area (Å²) in [4.78, 5) is 20.1. The maximum atomic E-state index is 14.3. The van der Waals surface area contributed by atoms with E-state index >= 15 is 0 Å². The predicted octanol–water partition coefficient (Wildman–Crippen LogP) is 3.61. The molecule has 7 nitrogen and oxygen atoms in total. The van der Waals surface area contributed by atoms with Crippen molar-refractivity contribution in [3.63, 3.8) is 0 Å². The van der Waals surface area contributed by atoms with Crippen LogP contribution in [-0.4, -0.2) is 33.3 Å². The maximum absolute atomic E-state index is 14.3. The lowest BCUT2D eigenvalue weighted by molar-refractivity contribution is 0.231. The molecule has 2 aromatic heterocycles. The number of rotatable bonds is 4. The molecule has 0 saturated heterocycles. The zero-order chi connectivity index (χ0) is 20.8. The Morgan fingerprint density at radius 1 is 1.20 bits per heavy atom. The van der Waals surface area contributed by atoms with Crippen molar-refractivity contribution in [1.29, 1.82) is 0 Å². The summed E-state index contributed by atoms with van der Waals surface area (Å²) in [5.41, 5.74) is 4.08. The number of nitrogens with zero attached hydrogens (tertiary/aromatic N) is 5. The Kier molecular flexibility index (Phi) is 4.49. The molecule has 0 fully saturated rings. The minimum absolute atomic E-state index is 0.117. The van der Waals surface area contributed by atoms with Gasteiger partial charge in [0.25, 0.3) is 0 Å². The number of aryl methyl sites for hydroxylation is 1. The third-order valence-corrected chi connectivity index (χ3v) is 5.24. The number of oxazole rings is 1. The Balaban J connectivity index is 1.45. The molecule has 0 amide bonds. The van der Waals surface area contributed by atoms with Gasteiger partial charge >= 0.3 is 0 Å². The van der Waals surface area contributed by atoms with E-state index in [9.17, 15) is 4.39 Å². The standard InChI is InChI=1S/C22H22FN5O2/c1-12(2)29-20-7-15-14(6-16(20)23)9-24-22(15)17-8-21(26-11-25-17)28-5-4-19-18(10-28)27-13(3)30-19/h6-8,11-12H,4-5,9-10H2,1-3H3. The predicted molar refractivity (Wildman–Crippen MR) is 110 cm³/mol. The van der Waals surface area contributed by atoms with Gasteiger partial charge in [-0.1, -0.05) is 0 Å². The first-order valence-corrected chi connectivity index (χ1v) is 10.0. The largest absolute Gasteiger partial charge is 0.488 e. The fourth-order valence-electron chi connectivity index (χ4n) is 3.93. The van der Waals surface area contributed by atoms with Gasteiger partial charge in [-0.2, -0.15) is 0 Å². The quantitative estimate of drug-likeness (QED) is 0.658. The van der Waals surface area contributed by atoms with Crippen LogP contribution in [0.3, 0.4) is 0 Å². The van der Waals surface area contributed by atoms with Crippen molar-refractivity contribution in [3.8, 4) is 5.75 Å². The van der Waals surface area contributed by atoms with E-state index in [1.165, 1.54) is 6.07 Å². The summed E-state index contributed by atoms with van der Waals surface area (Å²) < 4.78 is 25.6. The van der Waals surface area contributed by atoms with Gasteiger partial charge in [-0.25, -0.2) is 19.3 Å². The Bertz CT molecular complexity index is 1150. The van der Waals surface area contributed by atoms with Gasteiger partial charge in [-0.15, -0.1) is 0 Å². The van der Waals surface area contributed by atoms with Crippen molar-refractivity contribution < 1.29 is 13.5 Å². The number of aliphatic imine (C=N–C) groups is 1. The van der Waals surface area contributed by atoms with Crippen molar-refractivity contribution in [1.82, 2.24) is 15.0 Å². The zero-order valence-corrected chi connectivity index (χ0v) is 17.1. The Morgan fingerprint density at radius 2 is 2.07 bits per heavy atom. The van der Waals surface area contributed by atoms with Crippen LogP contribution in [0.1, 0.15) is 48.0 Å². The van der Waals surface area contributed by atoms with E-state index < -0.39 is 0 Å². The van der Waals surface area contributed by atoms with Crippen molar-refractivity contribution in [3.05, 3.63) is 64.5 Å². The lowest BCUT2D eigenvalue weighted by atomic mass is 10.0. The maximum Gasteiger partial charge on any atom is 0.191 e. The van der Waals surface area contributed by atoms with Crippen LogP contribution in [0, 0.1) is 12.7 Å². The van der Waals surface area contributed by atoms with Crippen LogP contribution >= 0.6 is 0 Å². The molecule has 1 aromatic carbocycles. The molecule has 0 aliphatic carbocycles. The lowest BCUT2D eigenvalue weighted by Gasteiger charge is -2.26. The molecule has 8 heteroatoms. The first-order chi connectivity index (χ1) is 14.5. The van der Waals surface area contributed by atoms with Gasteiger partial charge in [0.15, 0.2) is 17.5 Å². The molecule has 2 aliphatic heterocycles. The number of halogens is 1. The average Bonchev–Trinajstić information content (AvgIpc) is 3.29. The second kappa shape index (κ2) is 7.19. The minimum Gasteiger partial charge on any atom is -0.488 e. The molecule has 0 N–H and O–H groups in total. The van der Waals surface area contributed by atoms with Crippen molar-refractivity contribution in [2.24, 2.45) is 4.99 Å². The summed E-state index contributed by atoms with van der Waals surface area (Å²) in [6, 6.07) is 5.16. The van der Waals surface area contributed by atoms with Gasteiger partial charge < -0.3 is 14.1 Å². The van der Waals surface area contributed by atoms with Gasteiger partial charge in [0, 0.05) is 31.5 Å². The Morgan fingerprint density at radius 3 is 2.90 bits per heavy atom. The molecule has 154 valence electrons. The third-order valence-electron chi connectivity index (χ3n) is 5.24. The highest BCUT2D eigenvalue weighted by molar-refractivity contribution is 6.14. The van der Waals surface area contributed by atoms with Crippen molar-refractivity contribution >= 4 is 11.5 Å². The Hall–Kier alpha value is -3.29. The van der Waals surface area contributed by atoms with E-state index in [1.54, 1.807) is 12.4 Å². The molecular formula is C22H22FN5O2. The van der Waals surface area contributed by atoms with Gasteiger partial charge in [0.2, 0.25) is 0 Å². The first-order valence-electron chi connectivity index (χ1n) is 10.0. The molecule has 0 saturated carbocycles. The topological polar surface area (TPSA) is 76.6 Å². The van der Waals surface area contributed by atoms with Crippen LogP contribution in [0.2, 0.25) is 0 Å². The van der Waals surface area contributed by atoms with Crippen LogP contribution in [0.5, 0.6) is 5.75 Å². The first kappa shape index (κ1) is 18.7. The summed E-state index contributed by atoms with van der Waals surface area (Å²) in [6.45, 7) is 7.47. The van der Waals surface area contributed by atoms with Gasteiger partial charge in [-0.3, -0.25) is 4.99 Å². The molecule has 0 unspecified atom stereocenters. The summed E-state index contributed by atoms with van der Waals surface area (Å²) in [5.74, 6) is 2.32. The van der Waals surface area contributed by atoms with Gasteiger partial charge in [0.1, 0.15) is 23.6 Å². The van der Waals surface area contributed by atoms with E-state index in [2.05, 4.69) is 24.8 Å². The highest BCUT2D eigenvalue weighted by Gasteiger charge is 2.25. The summed E-state index contributed by atoms with van der Waals surface area (Å²) in [6.07, 6.45) is 2.22. The summed E-state index contributed by atoms with van der Waals surface area (Å²) >= 11 is 0. The second-order valence-electron chi connectivity index (χ2n) is 7.81. The van der Waals surface area contributed by atoms with E-state index in [-0.39, 0.29) is 17.7 Å². The van der Waals surface area contributed by atoms with Crippen LogP contribution < -0.4 is 9.64 Å². The zero-order valence-electron chi connectivity index (χ0n) is 17.1. The van der Waals surface area contributed by atoms with Crippen LogP contribution in [-0.2, 0) is 19.5 Å². The third kappa shape index (κ3) is 3.32. The number of anilines is 1. The number of ether oxygens (including phenoxy) is 1. The summed E-state index contributed by atoms with van der Waals surface area (Å²) in [5, 5.41) is 0. The van der Waals surface area contributed by atoms with Crippen molar-refractivity contribution in [2.75, 3.05) is 11.4 Å². The highest BCUT2D eigenvalue weighted by Crippen LogP contribution is 2.31. The minimum atomic E-state index is -0.366. The molecule has 5 rings (SSSR count). The average molecular weight is 407 g/mol. The number of aromatic nitrogens is 3. The van der Waals surface area contributed by atoms with E-state index in [1.807, 2.05) is 26.8 Å². The fourth-order valence-corrected chi connectivity index (χ4v) is 3.93. The second-order valence-corrected chi connectivity index (χ2v) is 7.81. The van der Waals surface area contributed by atoms with E-state index in [0.29, 0.717) is 24.7 Å². The van der Waals surface area contributed by atoms with E-state index in [0.717, 1.165) is 47.1 Å². The Labute approximate surface area is 173 Å². The van der Waals surface area contributed by atoms with Crippen LogP contribution in [0.25, 0.3) is 0 Å². The molecule has 0 atom stereocenters. The molecule has 0 bridgehead atoms. The molecule has 2 aliphatic rings. The number of hydrogen-bond donors (Lipinski definition) is 0. The van der Waals surface area contributed by atoms with E-state index in [4.69, 9.17) is 9.15 Å². The SMILES string of the molecule is Cc1nc2c(o1)CCN(c1cc(C3=NCc4cc(F)c(OC(C)C)cc43)ncn1)C2. The molecular weight excluding hydrogens is 385 g/mol.